The molecule has 5 atom stereocenters. The van der Waals surface area contributed by atoms with Crippen LogP contribution in [0.15, 0.2) is 12.2 Å². The molecular weight excluding hydrogens is 238 g/mol. The second-order valence-electron chi connectivity index (χ2n) is 5.25. The van der Waals surface area contributed by atoms with Crippen molar-refractivity contribution in [2.45, 2.75) is 24.4 Å². The first-order valence-corrected chi connectivity index (χ1v) is 6.17. The zero-order valence-corrected chi connectivity index (χ0v) is 9.61. The van der Waals surface area contributed by atoms with Gasteiger partial charge >= 0.3 is 5.97 Å². The highest BCUT2D eigenvalue weighted by atomic mass is 16.6. The number of hydrogen-bond donors (Lipinski definition) is 1. The van der Waals surface area contributed by atoms with Gasteiger partial charge in [0.15, 0.2) is 6.23 Å². The molecule has 0 saturated carbocycles. The molecule has 6 nitrogen and oxygen atoms in total. The Morgan fingerprint density at radius 2 is 2.39 bits per heavy atom. The summed E-state index contributed by atoms with van der Waals surface area (Å²) in [5, 5.41) is 9.30. The molecule has 3 saturated heterocycles. The fourth-order valence-electron chi connectivity index (χ4n) is 3.74. The number of amides is 1. The van der Waals surface area contributed by atoms with Gasteiger partial charge in [-0.15, -0.1) is 0 Å². The summed E-state index contributed by atoms with van der Waals surface area (Å²) in [6, 6.07) is 0. The van der Waals surface area contributed by atoms with Crippen LogP contribution in [-0.2, 0) is 19.1 Å². The molecule has 3 fully saturated rings. The lowest BCUT2D eigenvalue weighted by Crippen LogP contribution is -2.49. The molecule has 4 aliphatic heterocycles. The van der Waals surface area contributed by atoms with Crippen LogP contribution in [0.3, 0.4) is 0 Å². The van der Waals surface area contributed by atoms with Crippen molar-refractivity contribution in [3.63, 3.8) is 0 Å². The Morgan fingerprint density at radius 3 is 3.17 bits per heavy atom. The highest BCUT2D eigenvalue weighted by Crippen LogP contribution is 2.55. The number of carbonyl (C=O) groups excluding carboxylic acids is 1. The smallest absolute Gasteiger partial charge is 0.310 e. The molecule has 0 aromatic heterocycles. The lowest BCUT2D eigenvalue weighted by Gasteiger charge is -2.36. The summed E-state index contributed by atoms with van der Waals surface area (Å²) in [5.74, 6) is -2.52. The standard InChI is InChI=1S/C12H13NO5/c14-9-8-7(10(15)16)6-2-3-12(8,18-6)11-13(9)4-1-5-17-11/h2-3,6-8,11H,1,4-5H2,(H,15,16)/t6-,7-,8+,11-,12+/m0/s1. The number of carbonyl (C=O) groups is 2. The van der Waals surface area contributed by atoms with E-state index >= 15 is 0 Å². The number of nitrogens with zero attached hydrogens (tertiary/aromatic N) is 1. The molecule has 4 rings (SSSR count). The summed E-state index contributed by atoms with van der Waals surface area (Å²) < 4.78 is 11.5. The molecule has 18 heavy (non-hydrogen) atoms. The van der Waals surface area contributed by atoms with Gasteiger partial charge in [-0.05, 0) is 12.5 Å². The first-order valence-electron chi connectivity index (χ1n) is 6.17. The summed E-state index contributed by atoms with van der Waals surface area (Å²) in [6.07, 6.45) is 3.42. The van der Waals surface area contributed by atoms with Gasteiger partial charge in [-0.2, -0.15) is 0 Å². The predicted molar refractivity (Wildman–Crippen MR) is 57.4 cm³/mol. The Kier molecular flexibility index (Phi) is 1.83. The minimum atomic E-state index is -0.968. The van der Waals surface area contributed by atoms with Crippen LogP contribution in [-0.4, -0.2) is 53.0 Å². The third-order valence-electron chi connectivity index (χ3n) is 4.41. The zero-order valence-electron chi connectivity index (χ0n) is 9.61. The summed E-state index contributed by atoms with van der Waals surface area (Å²) in [4.78, 5) is 25.4. The quantitative estimate of drug-likeness (QED) is 0.642. The molecule has 0 radical (unpaired) electrons. The van der Waals surface area contributed by atoms with E-state index in [9.17, 15) is 14.7 Å². The van der Waals surface area contributed by atoms with Crippen molar-refractivity contribution in [3.8, 4) is 0 Å². The predicted octanol–water partition coefficient (Wildman–Crippen LogP) is -0.401. The normalized spacial score (nSPS) is 48.4. The van der Waals surface area contributed by atoms with Gasteiger partial charge in [0.25, 0.3) is 0 Å². The van der Waals surface area contributed by atoms with Crippen molar-refractivity contribution < 1.29 is 24.2 Å². The molecule has 1 spiro atoms. The van der Waals surface area contributed by atoms with Gasteiger partial charge in [0.05, 0.1) is 18.6 Å². The molecule has 4 heterocycles. The number of aliphatic carboxylic acids is 1. The Morgan fingerprint density at radius 1 is 1.56 bits per heavy atom. The molecule has 1 N–H and O–H groups in total. The Hall–Kier alpha value is -1.40. The van der Waals surface area contributed by atoms with Crippen molar-refractivity contribution in [1.82, 2.24) is 4.90 Å². The van der Waals surface area contributed by atoms with Crippen LogP contribution in [0.1, 0.15) is 6.42 Å². The third kappa shape index (κ3) is 0.976. The van der Waals surface area contributed by atoms with Crippen LogP contribution in [0.25, 0.3) is 0 Å². The maximum atomic E-state index is 12.4. The first-order chi connectivity index (χ1) is 8.65. The highest BCUT2D eigenvalue weighted by molar-refractivity contribution is 5.91. The van der Waals surface area contributed by atoms with Crippen molar-refractivity contribution in [2.24, 2.45) is 11.8 Å². The molecule has 0 aromatic rings. The van der Waals surface area contributed by atoms with Crippen LogP contribution in [0.2, 0.25) is 0 Å². The second kappa shape index (κ2) is 3.13. The topological polar surface area (TPSA) is 76.1 Å². The Labute approximate surface area is 103 Å². The molecule has 0 aromatic carbocycles. The van der Waals surface area contributed by atoms with E-state index in [1.165, 1.54) is 0 Å². The van der Waals surface area contributed by atoms with Gasteiger partial charge < -0.3 is 19.5 Å². The number of rotatable bonds is 1. The van der Waals surface area contributed by atoms with E-state index in [1.54, 1.807) is 11.0 Å². The van der Waals surface area contributed by atoms with Gasteiger partial charge in [0.2, 0.25) is 5.91 Å². The van der Waals surface area contributed by atoms with E-state index in [0.717, 1.165) is 6.42 Å². The molecular formula is C12H13NO5. The van der Waals surface area contributed by atoms with E-state index in [0.29, 0.717) is 13.2 Å². The van der Waals surface area contributed by atoms with Gasteiger partial charge in [-0.3, -0.25) is 9.59 Å². The van der Waals surface area contributed by atoms with Crippen LogP contribution in [0, 0.1) is 11.8 Å². The molecule has 0 unspecified atom stereocenters. The minimum Gasteiger partial charge on any atom is -0.481 e. The number of hydrogen-bond acceptors (Lipinski definition) is 4. The van der Waals surface area contributed by atoms with Crippen LogP contribution < -0.4 is 0 Å². The lowest BCUT2D eigenvalue weighted by atomic mass is 9.76. The largest absolute Gasteiger partial charge is 0.481 e. The summed E-state index contributed by atoms with van der Waals surface area (Å²) >= 11 is 0. The molecule has 1 amide bonds. The van der Waals surface area contributed by atoms with Crippen molar-refractivity contribution in [1.29, 1.82) is 0 Å². The summed E-state index contributed by atoms with van der Waals surface area (Å²) in [5.41, 5.74) is -0.870. The molecule has 6 heteroatoms. The first kappa shape index (κ1) is 10.5. The number of ether oxygens (including phenoxy) is 2. The van der Waals surface area contributed by atoms with Gasteiger partial charge in [0.1, 0.15) is 11.5 Å². The second-order valence-corrected chi connectivity index (χ2v) is 5.25. The van der Waals surface area contributed by atoms with Gasteiger partial charge in [-0.1, -0.05) is 6.08 Å². The zero-order chi connectivity index (χ0) is 12.5. The monoisotopic (exact) mass is 251 g/mol. The number of fused-ring (bicyclic) bond motifs is 2. The van der Waals surface area contributed by atoms with E-state index in [1.807, 2.05) is 6.08 Å². The molecule has 96 valence electrons. The highest BCUT2D eigenvalue weighted by Gasteiger charge is 2.72. The Bertz CT molecular complexity index is 475. The van der Waals surface area contributed by atoms with E-state index in [2.05, 4.69) is 0 Å². The summed E-state index contributed by atoms with van der Waals surface area (Å²) in [7, 11) is 0. The fraction of sp³-hybridized carbons (Fsp3) is 0.667. The van der Waals surface area contributed by atoms with E-state index in [4.69, 9.17) is 9.47 Å². The van der Waals surface area contributed by atoms with Gasteiger partial charge in [0, 0.05) is 6.54 Å². The van der Waals surface area contributed by atoms with E-state index < -0.39 is 35.7 Å². The molecule has 4 aliphatic rings. The van der Waals surface area contributed by atoms with Crippen LogP contribution >= 0.6 is 0 Å². The lowest BCUT2D eigenvalue weighted by molar-refractivity contribution is -0.168. The maximum absolute atomic E-state index is 12.4. The van der Waals surface area contributed by atoms with Gasteiger partial charge in [-0.25, -0.2) is 0 Å². The maximum Gasteiger partial charge on any atom is 0.310 e. The average molecular weight is 251 g/mol. The molecule has 2 bridgehead atoms. The van der Waals surface area contributed by atoms with Crippen molar-refractivity contribution in [3.05, 3.63) is 12.2 Å². The van der Waals surface area contributed by atoms with E-state index in [-0.39, 0.29) is 5.91 Å². The van der Waals surface area contributed by atoms with Crippen LogP contribution in [0.5, 0.6) is 0 Å². The number of carboxylic acid groups (broad SMARTS) is 1. The summed E-state index contributed by atoms with van der Waals surface area (Å²) in [6.45, 7) is 1.21. The SMILES string of the molecule is O=C(O)[C@H]1[C@@H]2C=C[C@]3(O2)[C@@H]2OCCCN2C(=O)[C@@H]13. The minimum absolute atomic E-state index is 0.140. The fourth-order valence-corrected chi connectivity index (χ4v) is 3.74. The van der Waals surface area contributed by atoms with Crippen molar-refractivity contribution in [2.75, 3.05) is 13.2 Å². The average Bonchev–Trinajstić information content (AvgIpc) is 2.99. The van der Waals surface area contributed by atoms with Crippen LogP contribution in [0.4, 0.5) is 0 Å². The Balaban J connectivity index is 1.82. The molecule has 0 aliphatic carbocycles. The third-order valence-corrected chi connectivity index (χ3v) is 4.41. The number of carboxylic acids is 1. The van der Waals surface area contributed by atoms with Crippen molar-refractivity contribution >= 4 is 11.9 Å².